The molecule has 0 unspecified atom stereocenters. The van der Waals surface area contributed by atoms with Gasteiger partial charge in [0.2, 0.25) is 6.10 Å². The zero-order valence-corrected chi connectivity index (χ0v) is 13.7. The second kappa shape index (κ2) is 6.32. The van der Waals surface area contributed by atoms with Gasteiger partial charge in [0.05, 0.1) is 6.21 Å². The highest BCUT2D eigenvalue weighted by Gasteiger charge is 2.27. The topological polar surface area (TPSA) is 75.7 Å². The molecule has 1 atom stereocenters. The van der Waals surface area contributed by atoms with Gasteiger partial charge in [-0.25, -0.2) is 5.43 Å². The standard InChI is InChI=1S/C19H17N3O3/c1-12-14(13-6-2-3-7-15(13)21-12)10-20-22-19(23)18-11-24-16-8-4-5-9-17(16)25-18/h2-10,18,21H,11H2,1H3,(H,22,23)/t18-/m1/s1. The lowest BCUT2D eigenvalue weighted by atomic mass is 10.1. The Balaban J connectivity index is 1.45. The van der Waals surface area contributed by atoms with Gasteiger partial charge in [-0.3, -0.25) is 4.79 Å². The van der Waals surface area contributed by atoms with E-state index < -0.39 is 6.10 Å². The monoisotopic (exact) mass is 335 g/mol. The third kappa shape index (κ3) is 2.94. The number of aromatic amines is 1. The summed E-state index contributed by atoms with van der Waals surface area (Å²) < 4.78 is 11.2. The number of carbonyl (C=O) groups excluding carboxylic acids is 1. The smallest absolute Gasteiger partial charge is 0.284 e. The lowest BCUT2D eigenvalue weighted by Crippen LogP contribution is -2.42. The number of carbonyl (C=O) groups is 1. The molecule has 126 valence electrons. The van der Waals surface area contributed by atoms with Crippen molar-refractivity contribution in [1.29, 1.82) is 0 Å². The van der Waals surface area contributed by atoms with Gasteiger partial charge in [-0.05, 0) is 25.1 Å². The van der Waals surface area contributed by atoms with Gasteiger partial charge < -0.3 is 14.5 Å². The van der Waals surface area contributed by atoms with Crippen LogP contribution in [0.15, 0.2) is 53.6 Å². The molecule has 3 aromatic rings. The van der Waals surface area contributed by atoms with Crippen molar-refractivity contribution < 1.29 is 14.3 Å². The molecule has 25 heavy (non-hydrogen) atoms. The van der Waals surface area contributed by atoms with Crippen LogP contribution >= 0.6 is 0 Å². The molecule has 2 N–H and O–H groups in total. The fourth-order valence-electron chi connectivity index (χ4n) is 2.85. The zero-order valence-electron chi connectivity index (χ0n) is 13.7. The minimum absolute atomic E-state index is 0.157. The number of nitrogens with one attached hydrogen (secondary N) is 2. The quantitative estimate of drug-likeness (QED) is 0.571. The van der Waals surface area contributed by atoms with Crippen LogP contribution in [-0.4, -0.2) is 29.8 Å². The van der Waals surface area contributed by atoms with Crippen LogP contribution in [0.5, 0.6) is 11.5 Å². The molecule has 0 fully saturated rings. The van der Waals surface area contributed by atoms with Crippen molar-refractivity contribution in [3.05, 3.63) is 59.8 Å². The van der Waals surface area contributed by atoms with Gasteiger partial charge in [0.15, 0.2) is 11.5 Å². The predicted molar refractivity (Wildman–Crippen MR) is 95.1 cm³/mol. The van der Waals surface area contributed by atoms with Crippen LogP contribution in [-0.2, 0) is 4.79 Å². The van der Waals surface area contributed by atoms with Gasteiger partial charge in [-0.1, -0.05) is 30.3 Å². The molecule has 2 aromatic carbocycles. The SMILES string of the molecule is Cc1[nH]c2ccccc2c1C=NNC(=O)[C@H]1COc2ccccc2O1. The van der Waals surface area contributed by atoms with Crippen molar-refractivity contribution in [1.82, 2.24) is 10.4 Å². The van der Waals surface area contributed by atoms with Crippen LogP contribution in [0, 0.1) is 6.92 Å². The van der Waals surface area contributed by atoms with Crippen LogP contribution in [0.4, 0.5) is 0 Å². The maximum atomic E-state index is 12.2. The van der Waals surface area contributed by atoms with Gasteiger partial charge in [0.1, 0.15) is 6.61 Å². The Labute approximate surface area is 144 Å². The number of ether oxygens (including phenoxy) is 2. The third-order valence-electron chi connectivity index (χ3n) is 4.11. The Kier molecular flexibility index (Phi) is 3.85. The molecule has 2 heterocycles. The molecular formula is C19H17N3O3. The molecule has 4 rings (SSSR count). The highest BCUT2D eigenvalue weighted by Crippen LogP contribution is 2.30. The van der Waals surface area contributed by atoms with E-state index in [-0.39, 0.29) is 12.5 Å². The molecule has 1 aromatic heterocycles. The van der Waals surface area contributed by atoms with E-state index in [4.69, 9.17) is 9.47 Å². The van der Waals surface area contributed by atoms with Crippen molar-refractivity contribution in [2.75, 3.05) is 6.61 Å². The van der Waals surface area contributed by atoms with Crippen LogP contribution in [0.2, 0.25) is 0 Å². The summed E-state index contributed by atoms with van der Waals surface area (Å²) in [6, 6.07) is 15.2. The summed E-state index contributed by atoms with van der Waals surface area (Å²) in [7, 11) is 0. The van der Waals surface area contributed by atoms with E-state index >= 15 is 0 Å². The minimum atomic E-state index is -0.726. The maximum absolute atomic E-state index is 12.2. The van der Waals surface area contributed by atoms with Gasteiger partial charge in [0, 0.05) is 22.2 Å². The van der Waals surface area contributed by atoms with E-state index in [0.29, 0.717) is 11.5 Å². The van der Waals surface area contributed by atoms with Gasteiger partial charge in [-0.15, -0.1) is 0 Å². The summed E-state index contributed by atoms with van der Waals surface area (Å²) in [6.07, 6.45) is 0.917. The van der Waals surface area contributed by atoms with E-state index in [9.17, 15) is 4.79 Å². The summed E-state index contributed by atoms with van der Waals surface area (Å²) in [5.41, 5.74) is 5.50. The van der Waals surface area contributed by atoms with Gasteiger partial charge >= 0.3 is 0 Å². The normalized spacial score (nSPS) is 16.3. The molecular weight excluding hydrogens is 318 g/mol. The highest BCUT2D eigenvalue weighted by molar-refractivity contribution is 6.00. The molecule has 0 bridgehead atoms. The summed E-state index contributed by atoms with van der Waals surface area (Å²) in [6.45, 7) is 2.13. The Morgan fingerprint density at radius 3 is 2.84 bits per heavy atom. The number of benzene rings is 2. The number of nitrogens with zero attached hydrogens (tertiary/aromatic N) is 1. The minimum Gasteiger partial charge on any atom is -0.485 e. The largest absolute Gasteiger partial charge is 0.485 e. The average molecular weight is 335 g/mol. The first kappa shape index (κ1) is 15.3. The first-order valence-corrected chi connectivity index (χ1v) is 8.01. The second-order valence-electron chi connectivity index (χ2n) is 5.81. The van der Waals surface area contributed by atoms with Crippen molar-refractivity contribution in [3.8, 4) is 11.5 Å². The van der Waals surface area contributed by atoms with Crippen molar-refractivity contribution in [2.24, 2.45) is 5.10 Å². The van der Waals surface area contributed by atoms with Gasteiger partial charge in [-0.2, -0.15) is 5.10 Å². The summed E-state index contributed by atoms with van der Waals surface area (Å²) in [4.78, 5) is 15.5. The van der Waals surface area contributed by atoms with E-state index in [1.807, 2.05) is 43.3 Å². The summed E-state index contributed by atoms with van der Waals surface area (Å²) in [5.74, 6) is 0.859. The second-order valence-corrected chi connectivity index (χ2v) is 5.81. The zero-order chi connectivity index (χ0) is 17.2. The molecule has 0 saturated carbocycles. The molecule has 1 aliphatic heterocycles. The first-order chi connectivity index (χ1) is 12.2. The Bertz CT molecular complexity index is 961. The molecule has 0 saturated heterocycles. The lowest BCUT2D eigenvalue weighted by molar-refractivity contribution is -0.130. The fraction of sp³-hybridized carbons (Fsp3) is 0.158. The highest BCUT2D eigenvalue weighted by atomic mass is 16.6. The fourth-order valence-corrected chi connectivity index (χ4v) is 2.85. The first-order valence-electron chi connectivity index (χ1n) is 8.01. The predicted octanol–water partition coefficient (Wildman–Crippen LogP) is 2.77. The number of hydrazone groups is 1. The molecule has 6 heteroatoms. The maximum Gasteiger partial charge on any atom is 0.284 e. The number of para-hydroxylation sites is 3. The Morgan fingerprint density at radius 2 is 1.96 bits per heavy atom. The number of hydrogen-bond donors (Lipinski definition) is 2. The van der Waals surface area contributed by atoms with Crippen LogP contribution in [0.3, 0.4) is 0 Å². The molecule has 0 spiro atoms. The van der Waals surface area contributed by atoms with E-state index in [2.05, 4.69) is 15.5 Å². The van der Waals surface area contributed by atoms with Crippen LogP contribution in [0.1, 0.15) is 11.3 Å². The van der Waals surface area contributed by atoms with Crippen LogP contribution < -0.4 is 14.9 Å². The number of H-pyrrole nitrogens is 1. The summed E-state index contributed by atoms with van der Waals surface area (Å²) in [5, 5.41) is 5.14. The number of amides is 1. The number of aromatic nitrogens is 1. The molecule has 1 aliphatic rings. The third-order valence-corrected chi connectivity index (χ3v) is 4.11. The lowest BCUT2D eigenvalue weighted by Gasteiger charge is -2.24. The number of fused-ring (bicyclic) bond motifs is 2. The Hall–Kier alpha value is -3.28. The molecule has 0 aliphatic carbocycles. The average Bonchev–Trinajstić information content (AvgIpc) is 2.96. The summed E-state index contributed by atoms with van der Waals surface area (Å²) >= 11 is 0. The van der Waals surface area contributed by atoms with Crippen molar-refractivity contribution in [3.63, 3.8) is 0 Å². The van der Waals surface area contributed by atoms with Crippen molar-refractivity contribution >= 4 is 23.0 Å². The number of rotatable bonds is 3. The molecule has 1 amide bonds. The van der Waals surface area contributed by atoms with Gasteiger partial charge in [0.25, 0.3) is 5.91 Å². The molecule has 6 nitrogen and oxygen atoms in total. The van der Waals surface area contributed by atoms with Crippen molar-refractivity contribution in [2.45, 2.75) is 13.0 Å². The Morgan fingerprint density at radius 1 is 1.20 bits per heavy atom. The number of hydrogen-bond acceptors (Lipinski definition) is 4. The van der Waals surface area contributed by atoms with Crippen LogP contribution in [0.25, 0.3) is 10.9 Å². The molecule has 0 radical (unpaired) electrons. The van der Waals surface area contributed by atoms with E-state index in [1.165, 1.54) is 0 Å². The van der Waals surface area contributed by atoms with E-state index in [0.717, 1.165) is 22.2 Å². The number of aryl methyl sites for hydroxylation is 1. The van der Waals surface area contributed by atoms with E-state index in [1.54, 1.807) is 18.3 Å².